The quantitative estimate of drug-likeness (QED) is 0.180. The van der Waals surface area contributed by atoms with E-state index in [0.717, 1.165) is 52.7 Å². The Morgan fingerprint density at radius 1 is 0.793 bits per heavy atom. The van der Waals surface area contributed by atoms with Gasteiger partial charge < -0.3 is 10.1 Å². The first kappa shape index (κ1) is 34.3. The Morgan fingerprint density at radius 3 is 2.36 bits per heavy atom. The summed E-state index contributed by atoms with van der Waals surface area (Å²) in [7, 11) is 0. The van der Waals surface area contributed by atoms with E-state index in [9.17, 15) is 24.3 Å². The molecule has 284 valence electrons. The lowest BCUT2D eigenvalue weighted by Gasteiger charge is -2.38. The van der Waals surface area contributed by atoms with Gasteiger partial charge in [0.05, 0.1) is 45.4 Å². The van der Waals surface area contributed by atoms with Crippen LogP contribution in [0.2, 0.25) is 0 Å². The van der Waals surface area contributed by atoms with E-state index in [1.165, 1.54) is 4.90 Å². The van der Waals surface area contributed by atoms with Gasteiger partial charge in [0, 0.05) is 28.1 Å². The van der Waals surface area contributed by atoms with E-state index in [0.29, 0.717) is 44.9 Å². The molecule has 0 saturated carbocycles. The number of fused-ring (bicyclic) bond motifs is 13. The maximum absolute atomic E-state index is 14.5. The summed E-state index contributed by atoms with van der Waals surface area (Å²) >= 11 is 0. The van der Waals surface area contributed by atoms with Crippen molar-refractivity contribution >= 4 is 56.5 Å². The van der Waals surface area contributed by atoms with Crippen LogP contribution in [0.25, 0.3) is 27.5 Å². The Morgan fingerprint density at radius 2 is 1.53 bits per heavy atom. The third kappa shape index (κ3) is 4.41. The van der Waals surface area contributed by atoms with Gasteiger partial charge in [0.15, 0.2) is 5.88 Å². The number of carbonyl (C=O) groups excluding carboxylic acids is 3. The second kappa shape index (κ2) is 12.3. The molecule has 11 nitrogen and oxygen atoms in total. The van der Waals surface area contributed by atoms with E-state index in [1.54, 1.807) is 22.8 Å². The fourth-order valence-corrected chi connectivity index (χ4v) is 10.3. The Bertz CT molecular complexity index is 3070. The molecule has 2 amide bonds. The number of hydrogen-bond acceptors (Lipinski definition) is 8. The predicted octanol–water partition coefficient (Wildman–Crippen LogP) is 7.03. The molecule has 58 heavy (non-hydrogen) atoms. The third-order valence-electron chi connectivity index (χ3n) is 12.9. The van der Waals surface area contributed by atoms with Crippen molar-refractivity contribution < 1.29 is 19.5 Å². The fourth-order valence-electron chi connectivity index (χ4n) is 10.3. The molecule has 11 heteroatoms. The minimum absolute atomic E-state index is 0.0221. The molecular weight excluding hydrogens is 729 g/mol. The van der Waals surface area contributed by atoms with Crippen molar-refractivity contribution in [3.05, 3.63) is 159 Å². The van der Waals surface area contributed by atoms with Crippen LogP contribution in [0.1, 0.15) is 51.3 Å². The number of amides is 2. The van der Waals surface area contributed by atoms with Gasteiger partial charge in [0.1, 0.15) is 17.1 Å². The number of carbonyl (C=O) groups is 3. The predicted molar refractivity (Wildman–Crippen MR) is 220 cm³/mol. The zero-order valence-corrected chi connectivity index (χ0v) is 31.6. The zero-order valence-electron chi connectivity index (χ0n) is 31.6. The van der Waals surface area contributed by atoms with Gasteiger partial charge in [-0.1, -0.05) is 66.7 Å². The molecule has 5 aromatic carbocycles. The van der Waals surface area contributed by atoms with Gasteiger partial charge in [-0.15, -0.1) is 0 Å². The van der Waals surface area contributed by atoms with Crippen molar-refractivity contribution in [2.75, 3.05) is 11.4 Å². The minimum atomic E-state index is -0.979. The van der Waals surface area contributed by atoms with E-state index in [-0.39, 0.29) is 35.1 Å². The summed E-state index contributed by atoms with van der Waals surface area (Å²) in [6, 6.07) is 35.5. The van der Waals surface area contributed by atoms with Crippen LogP contribution in [-0.2, 0) is 15.1 Å². The van der Waals surface area contributed by atoms with Gasteiger partial charge in [0.2, 0.25) is 17.6 Å². The smallest absolute Gasteiger partial charge is 0.266 e. The van der Waals surface area contributed by atoms with Crippen molar-refractivity contribution in [3.8, 4) is 11.6 Å². The summed E-state index contributed by atoms with van der Waals surface area (Å²) in [6.07, 6.45) is 1.77. The lowest BCUT2D eigenvalue weighted by molar-refractivity contribution is -0.124. The van der Waals surface area contributed by atoms with Crippen LogP contribution in [-0.4, -0.2) is 60.4 Å². The highest BCUT2D eigenvalue weighted by atomic mass is 16.3. The van der Waals surface area contributed by atoms with Crippen LogP contribution >= 0.6 is 0 Å². The van der Waals surface area contributed by atoms with Crippen molar-refractivity contribution in [1.82, 2.24) is 19.4 Å². The molecule has 5 aliphatic rings. The molecule has 2 N–H and O–H groups in total. The lowest BCUT2D eigenvalue weighted by atomic mass is 9.75. The molecule has 0 bridgehead atoms. The van der Waals surface area contributed by atoms with E-state index < -0.39 is 17.4 Å². The van der Waals surface area contributed by atoms with Crippen LogP contribution < -0.4 is 10.5 Å². The number of nitrogens with zero attached hydrogens (tertiary/aromatic N) is 5. The molecule has 1 spiro atoms. The van der Waals surface area contributed by atoms with Gasteiger partial charge in [-0.05, 0) is 92.9 Å². The van der Waals surface area contributed by atoms with Crippen LogP contribution in [0.4, 0.5) is 11.4 Å². The maximum Gasteiger partial charge on any atom is 0.266 e. The second-order valence-electron chi connectivity index (χ2n) is 15.8. The Labute approximate surface area is 331 Å². The topological polar surface area (TPSA) is 141 Å². The highest BCUT2D eigenvalue weighted by molar-refractivity contribution is 6.56. The van der Waals surface area contributed by atoms with Crippen molar-refractivity contribution in [2.45, 2.75) is 38.3 Å². The van der Waals surface area contributed by atoms with Crippen molar-refractivity contribution in [3.63, 3.8) is 0 Å². The van der Waals surface area contributed by atoms with Crippen LogP contribution in [0.3, 0.4) is 0 Å². The van der Waals surface area contributed by atoms with Crippen molar-refractivity contribution in [1.29, 1.82) is 0 Å². The van der Waals surface area contributed by atoms with E-state index in [1.807, 2.05) is 111 Å². The summed E-state index contributed by atoms with van der Waals surface area (Å²) in [4.78, 5) is 71.2. The highest BCUT2D eigenvalue weighted by Crippen LogP contribution is 2.62. The zero-order chi connectivity index (χ0) is 39.6. The molecule has 0 radical (unpaired) electrons. The number of rotatable bonds is 2. The van der Waals surface area contributed by atoms with Gasteiger partial charge in [0.25, 0.3) is 5.56 Å². The van der Waals surface area contributed by atoms with E-state index in [4.69, 9.17) is 4.98 Å². The molecular formula is C47H36N6O5. The molecule has 3 fully saturated rings. The minimum Gasteiger partial charge on any atom is -0.494 e. The highest BCUT2D eigenvalue weighted by Gasteiger charge is 2.73. The first-order valence-electron chi connectivity index (χ1n) is 19.6. The number of Topliss-reactive ketones (excluding diaryl/α,β-unsaturated/α-hetero) is 1. The number of H-pyrrole nitrogens is 1. The summed E-state index contributed by atoms with van der Waals surface area (Å²) in [6.45, 7) is 4.77. The lowest BCUT2D eigenvalue weighted by Crippen LogP contribution is -2.51. The first-order valence-corrected chi connectivity index (χ1v) is 19.6. The number of aromatic hydroxyl groups is 1. The number of aryl methyl sites for hydroxylation is 2. The maximum atomic E-state index is 14.5. The monoisotopic (exact) mass is 764 g/mol. The van der Waals surface area contributed by atoms with E-state index in [2.05, 4.69) is 14.9 Å². The normalized spacial score (nSPS) is 22.6. The van der Waals surface area contributed by atoms with Crippen LogP contribution in [0.15, 0.2) is 125 Å². The molecule has 4 atom stereocenters. The number of para-hydroxylation sites is 4. The number of ketones is 1. The average molecular weight is 765 g/mol. The van der Waals surface area contributed by atoms with Gasteiger partial charge >= 0.3 is 0 Å². The molecule has 3 saturated heterocycles. The number of nitrogens with one attached hydrogen (secondary N) is 1. The number of aromatic amines is 1. The number of imide groups is 1. The number of aromatic nitrogens is 3. The van der Waals surface area contributed by atoms with Crippen LogP contribution in [0, 0.1) is 25.7 Å². The largest absolute Gasteiger partial charge is 0.494 e. The summed E-state index contributed by atoms with van der Waals surface area (Å²) in [5.74, 6) is -1.12. The summed E-state index contributed by atoms with van der Waals surface area (Å²) < 4.78 is 1.70. The molecule has 7 heterocycles. The van der Waals surface area contributed by atoms with Gasteiger partial charge in [-0.25, -0.2) is 14.9 Å². The Kier molecular flexibility index (Phi) is 7.25. The standard InChI is InChI=1S/C31H26N4O3.C16H10N2O2/c1-17-13-14-19(16-18(17)2)34-28(37)25-24-12-7-15-33(24)31(26(25)29(34)38)21-9-4-6-11-23(21)35-27(36)20-8-3-5-10-22(20)32-30(31)35;19-15-10-6-2-4-8-12(10)17-14(15)13-9-5-1-3-7-11(9)18-16(13)20/h3-6,8-11,13-14,16,24-26H,7,12,15H2,1-2H3;1-8,18,20H/t24?,25-,26+,31?;/m0./s1. The Hall–Kier alpha value is -6.98. The molecule has 0 aliphatic carbocycles. The molecule has 2 unspecified atom stereocenters. The molecule has 7 aromatic rings. The van der Waals surface area contributed by atoms with E-state index >= 15 is 0 Å². The third-order valence-corrected chi connectivity index (χ3v) is 12.9. The van der Waals surface area contributed by atoms with Gasteiger partial charge in [-0.3, -0.25) is 28.6 Å². The van der Waals surface area contributed by atoms with Gasteiger partial charge in [-0.2, -0.15) is 0 Å². The number of anilines is 1. The Balaban J connectivity index is 0.000000162. The average Bonchev–Trinajstić information content (AvgIpc) is 4.06. The molecule has 12 rings (SSSR count). The SMILES string of the molecule is Cc1ccc(N2C(=O)[C@H]3C4CCCN4C4(c5ccccc5-n5c4nc4ccccc4c5=O)[C@H]3C2=O)cc1C.O=C1C(c2c(O)[nH]c3ccccc23)=Nc2ccccc21. The summed E-state index contributed by atoms with van der Waals surface area (Å²) in [5.41, 5.74) is 6.67. The molecule has 5 aliphatic heterocycles. The number of benzene rings is 5. The van der Waals surface area contributed by atoms with Crippen molar-refractivity contribution in [2.24, 2.45) is 16.8 Å². The molecule has 2 aromatic heterocycles. The number of hydrogen-bond donors (Lipinski definition) is 2. The first-order chi connectivity index (χ1) is 28.2. The number of aliphatic imine (C=N–C) groups is 1. The van der Waals surface area contributed by atoms with Crippen LogP contribution in [0.5, 0.6) is 5.88 Å². The fraction of sp³-hybridized carbons (Fsp3) is 0.191. The summed E-state index contributed by atoms with van der Waals surface area (Å²) in [5, 5.41) is 11.4. The second-order valence-corrected chi connectivity index (χ2v) is 15.8.